The topological polar surface area (TPSA) is 43.4 Å². The van der Waals surface area contributed by atoms with Crippen molar-refractivity contribution in [1.29, 1.82) is 0 Å². The summed E-state index contributed by atoms with van der Waals surface area (Å²) >= 11 is 0. The number of pyridine rings is 1. The Labute approximate surface area is 144 Å². The molecule has 1 aliphatic rings. The van der Waals surface area contributed by atoms with Gasteiger partial charge in [-0.2, -0.15) is 13.2 Å². The number of hydrogen-bond donors (Lipinski definition) is 1. The molecule has 1 N–H and O–H groups in total. The second-order valence-electron chi connectivity index (χ2n) is 6.38. The second kappa shape index (κ2) is 6.46. The predicted molar refractivity (Wildman–Crippen MR) is 88.3 cm³/mol. The number of hydrogen-bond acceptors (Lipinski definition) is 4. The summed E-state index contributed by atoms with van der Waals surface area (Å²) in [5.41, 5.74) is 1.78. The highest BCUT2D eigenvalue weighted by atomic mass is 19.4. The lowest BCUT2D eigenvalue weighted by molar-refractivity contribution is -0.153. The standard InChI is InChI=1S/C18H19F3N2O2/c1-17(10-23-16-13(17)4-3-7-22-16)9-12-5-6-14(24-2)15(8-12)25-11-18(19,20)21/h3-8H,9-11H2,1-2H3,(H,22,23). The van der Waals surface area contributed by atoms with Crippen LogP contribution in [0.25, 0.3) is 0 Å². The summed E-state index contributed by atoms with van der Waals surface area (Å²) in [5.74, 6) is 1.23. The fourth-order valence-corrected chi connectivity index (χ4v) is 3.12. The van der Waals surface area contributed by atoms with E-state index in [9.17, 15) is 13.2 Å². The first-order valence-corrected chi connectivity index (χ1v) is 7.87. The zero-order valence-corrected chi connectivity index (χ0v) is 14.0. The minimum atomic E-state index is -4.40. The van der Waals surface area contributed by atoms with Gasteiger partial charge in [0.25, 0.3) is 0 Å². The molecule has 1 aliphatic heterocycles. The Morgan fingerprint density at radius 3 is 2.76 bits per heavy atom. The first kappa shape index (κ1) is 17.4. The molecule has 1 aromatic carbocycles. The molecule has 0 fully saturated rings. The maximum atomic E-state index is 12.5. The van der Waals surface area contributed by atoms with Crippen molar-refractivity contribution in [3.8, 4) is 11.5 Å². The lowest BCUT2D eigenvalue weighted by Gasteiger charge is -2.24. The maximum absolute atomic E-state index is 12.5. The largest absolute Gasteiger partial charge is 0.493 e. The molecule has 2 aromatic rings. The summed E-state index contributed by atoms with van der Waals surface area (Å²) in [4.78, 5) is 4.32. The van der Waals surface area contributed by atoms with E-state index in [1.54, 1.807) is 18.3 Å². The average molecular weight is 352 g/mol. The van der Waals surface area contributed by atoms with Crippen molar-refractivity contribution in [2.75, 3.05) is 25.6 Å². The van der Waals surface area contributed by atoms with Crippen LogP contribution in [0.3, 0.4) is 0 Å². The third-order valence-electron chi connectivity index (χ3n) is 4.32. The molecule has 0 saturated carbocycles. The Balaban J connectivity index is 1.84. The normalized spacial score (nSPS) is 19.2. The van der Waals surface area contributed by atoms with Crippen molar-refractivity contribution in [1.82, 2.24) is 4.98 Å². The number of benzene rings is 1. The van der Waals surface area contributed by atoms with Gasteiger partial charge in [0, 0.05) is 23.7 Å². The molecule has 1 unspecified atom stereocenters. The number of ether oxygens (including phenoxy) is 2. The van der Waals surface area contributed by atoms with Gasteiger partial charge >= 0.3 is 6.18 Å². The summed E-state index contributed by atoms with van der Waals surface area (Å²) < 4.78 is 47.4. The molecule has 134 valence electrons. The van der Waals surface area contributed by atoms with E-state index in [4.69, 9.17) is 9.47 Å². The Morgan fingerprint density at radius 1 is 1.24 bits per heavy atom. The molecule has 25 heavy (non-hydrogen) atoms. The third kappa shape index (κ3) is 3.81. The van der Waals surface area contributed by atoms with Crippen molar-refractivity contribution in [2.45, 2.75) is 24.9 Å². The SMILES string of the molecule is COc1ccc(CC2(C)CNc3ncccc32)cc1OCC(F)(F)F. The average Bonchev–Trinajstić information content (AvgIpc) is 2.90. The van der Waals surface area contributed by atoms with E-state index in [-0.39, 0.29) is 16.9 Å². The van der Waals surface area contributed by atoms with E-state index in [0.29, 0.717) is 13.0 Å². The molecule has 0 aliphatic carbocycles. The van der Waals surface area contributed by atoms with Crippen LogP contribution in [0.2, 0.25) is 0 Å². The van der Waals surface area contributed by atoms with Gasteiger partial charge in [0.1, 0.15) is 5.82 Å². The van der Waals surface area contributed by atoms with E-state index in [2.05, 4.69) is 17.2 Å². The van der Waals surface area contributed by atoms with E-state index in [0.717, 1.165) is 16.9 Å². The smallest absolute Gasteiger partial charge is 0.422 e. The van der Waals surface area contributed by atoms with Crippen LogP contribution in [-0.4, -0.2) is 31.4 Å². The number of aromatic nitrogens is 1. The molecule has 4 nitrogen and oxygen atoms in total. The van der Waals surface area contributed by atoms with Crippen LogP contribution in [-0.2, 0) is 11.8 Å². The Morgan fingerprint density at radius 2 is 2.04 bits per heavy atom. The number of fused-ring (bicyclic) bond motifs is 1. The zero-order chi connectivity index (χ0) is 18.1. The minimum absolute atomic E-state index is 0.0956. The molecule has 0 bridgehead atoms. The molecule has 3 rings (SSSR count). The van der Waals surface area contributed by atoms with E-state index in [1.807, 2.05) is 18.2 Å². The van der Waals surface area contributed by atoms with Gasteiger partial charge in [-0.25, -0.2) is 4.98 Å². The molecule has 0 saturated heterocycles. The Bertz CT molecular complexity index is 764. The number of anilines is 1. The van der Waals surface area contributed by atoms with Crippen molar-refractivity contribution >= 4 is 5.82 Å². The highest BCUT2D eigenvalue weighted by Crippen LogP contribution is 2.39. The zero-order valence-electron chi connectivity index (χ0n) is 14.0. The molecule has 1 aromatic heterocycles. The molecular formula is C18H19F3N2O2. The summed E-state index contributed by atoms with van der Waals surface area (Å²) in [6.07, 6.45) is -2.02. The number of nitrogens with zero attached hydrogens (tertiary/aromatic N) is 1. The van der Waals surface area contributed by atoms with Gasteiger partial charge in [0.15, 0.2) is 18.1 Å². The lowest BCUT2D eigenvalue weighted by atomic mass is 9.79. The van der Waals surface area contributed by atoms with Gasteiger partial charge in [-0.1, -0.05) is 19.1 Å². The predicted octanol–water partition coefficient (Wildman–Crippen LogP) is 3.96. The van der Waals surface area contributed by atoms with Crippen molar-refractivity contribution < 1.29 is 22.6 Å². The van der Waals surface area contributed by atoms with Crippen LogP contribution in [0.1, 0.15) is 18.1 Å². The Kier molecular flexibility index (Phi) is 4.49. The van der Waals surface area contributed by atoms with Crippen molar-refractivity contribution in [2.24, 2.45) is 0 Å². The summed E-state index contributed by atoms with van der Waals surface area (Å²) in [7, 11) is 1.40. The first-order chi connectivity index (χ1) is 11.8. The van der Waals surface area contributed by atoms with Crippen LogP contribution in [0, 0.1) is 0 Å². The van der Waals surface area contributed by atoms with Crippen LogP contribution in [0.4, 0.5) is 19.0 Å². The highest BCUT2D eigenvalue weighted by Gasteiger charge is 2.35. The van der Waals surface area contributed by atoms with E-state index >= 15 is 0 Å². The van der Waals surface area contributed by atoms with Gasteiger partial charge in [0.2, 0.25) is 0 Å². The third-order valence-corrected chi connectivity index (χ3v) is 4.32. The molecule has 0 spiro atoms. The van der Waals surface area contributed by atoms with Crippen molar-refractivity contribution in [3.63, 3.8) is 0 Å². The van der Waals surface area contributed by atoms with Gasteiger partial charge in [-0.15, -0.1) is 0 Å². The fourth-order valence-electron chi connectivity index (χ4n) is 3.12. The van der Waals surface area contributed by atoms with E-state index in [1.165, 1.54) is 7.11 Å². The number of alkyl halides is 3. The molecule has 0 amide bonds. The molecule has 1 atom stereocenters. The Hall–Kier alpha value is -2.44. The van der Waals surface area contributed by atoms with Gasteiger partial charge < -0.3 is 14.8 Å². The number of rotatable bonds is 5. The van der Waals surface area contributed by atoms with Crippen molar-refractivity contribution in [3.05, 3.63) is 47.7 Å². The minimum Gasteiger partial charge on any atom is -0.493 e. The summed E-state index contributed by atoms with van der Waals surface area (Å²) in [5, 5.41) is 3.28. The van der Waals surface area contributed by atoms with Crippen LogP contribution < -0.4 is 14.8 Å². The summed E-state index contributed by atoms with van der Waals surface area (Å²) in [6.45, 7) is 1.47. The molecular weight excluding hydrogens is 333 g/mol. The number of nitrogens with one attached hydrogen (secondary N) is 1. The van der Waals surface area contributed by atoms with Gasteiger partial charge in [0.05, 0.1) is 7.11 Å². The highest BCUT2D eigenvalue weighted by molar-refractivity contribution is 5.55. The van der Waals surface area contributed by atoms with Gasteiger partial charge in [-0.05, 0) is 30.2 Å². The lowest BCUT2D eigenvalue weighted by Crippen LogP contribution is -2.27. The first-order valence-electron chi connectivity index (χ1n) is 7.87. The number of halogens is 3. The fraction of sp³-hybridized carbons (Fsp3) is 0.389. The van der Waals surface area contributed by atoms with Crippen LogP contribution >= 0.6 is 0 Å². The maximum Gasteiger partial charge on any atom is 0.422 e. The van der Waals surface area contributed by atoms with E-state index < -0.39 is 12.8 Å². The molecule has 7 heteroatoms. The summed E-state index contributed by atoms with van der Waals surface area (Å²) in [6, 6.07) is 9.00. The van der Waals surface area contributed by atoms with Crippen LogP contribution in [0.15, 0.2) is 36.5 Å². The molecule has 2 heterocycles. The van der Waals surface area contributed by atoms with Gasteiger partial charge in [-0.3, -0.25) is 0 Å². The molecule has 0 radical (unpaired) electrons. The number of methoxy groups -OCH3 is 1. The quantitative estimate of drug-likeness (QED) is 0.885. The monoisotopic (exact) mass is 352 g/mol. The second-order valence-corrected chi connectivity index (χ2v) is 6.38. The van der Waals surface area contributed by atoms with Crippen LogP contribution in [0.5, 0.6) is 11.5 Å².